The molecule has 0 aliphatic heterocycles. The number of rotatable bonds is 6. The van der Waals surface area contributed by atoms with E-state index in [0.29, 0.717) is 12.1 Å². The number of methoxy groups -OCH3 is 1. The van der Waals surface area contributed by atoms with Gasteiger partial charge in [-0.2, -0.15) is 0 Å². The Balaban J connectivity index is 0.000000989. The zero-order valence-corrected chi connectivity index (χ0v) is 18.8. The molecule has 0 aliphatic rings. The lowest BCUT2D eigenvalue weighted by Gasteiger charge is -2.08. The number of fused-ring (bicyclic) bond motifs is 1. The van der Waals surface area contributed by atoms with Crippen molar-refractivity contribution < 1.29 is 13.9 Å². The maximum atomic E-state index is 13.3. The summed E-state index contributed by atoms with van der Waals surface area (Å²) in [6.45, 7) is 10.7. The second-order valence-electron chi connectivity index (χ2n) is 5.52. The monoisotopic (exact) mass is 419 g/mol. The molecule has 7 heteroatoms. The molecule has 2 aromatic carbocycles. The van der Waals surface area contributed by atoms with Gasteiger partial charge in [-0.05, 0) is 48.7 Å². The quantitative estimate of drug-likeness (QED) is 0.431. The number of halogens is 1. The molecule has 1 heterocycles. The first kappa shape index (κ1) is 24.7. The number of carbonyl (C=O) groups is 1. The maximum Gasteiger partial charge on any atom is 0.320 e. The summed E-state index contributed by atoms with van der Waals surface area (Å²) in [5.74, 6) is 0.264. The topological polar surface area (TPSA) is 56.1 Å². The number of imidazole rings is 1. The molecule has 0 saturated heterocycles. The minimum Gasteiger partial charge on any atom is -0.468 e. The van der Waals surface area contributed by atoms with Crippen molar-refractivity contribution in [1.29, 1.82) is 0 Å². The van der Waals surface area contributed by atoms with Crippen molar-refractivity contribution in [3.05, 3.63) is 59.7 Å². The normalized spacial score (nSPS) is 9.90. The fourth-order valence-corrected chi connectivity index (χ4v) is 3.15. The number of aromatic nitrogens is 2. The van der Waals surface area contributed by atoms with Crippen LogP contribution >= 0.6 is 11.9 Å². The van der Waals surface area contributed by atoms with Crippen LogP contribution in [-0.2, 0) is 16.1 Å². The van der Waals surface area contributed by atoms with Crippen molar-refractivity contribution in [2.75, 3.05) is 13.7 Å². The highest BCUT2D eigenvalue weighted by atomic mass is 32.2. The summed E-state index contributed by atoms with van der Waals surface area (Å²) in [6, 6.07) is 12.7. The van der Waals surface area contributed by atoms with Gasteiger partial charge in [-0.1, -0.05) is 39.8 Å². The van der Waals surface area contributed by atoms with E-state index in [1.165, 1.54) is 31.2 Å². The summed E-state index contributed by atoms with van der Waals surface area (Å²) in [6.07, 6.45) is 0. The van der Waals surface area contributed by atoms with E-state index in [4.69, 9.17) is 0 Å². The van der Waals surface area contributed by atoms with Gasteiger partial charge in [0.1, 0.15) is 18.2 Å². The molecule has 158 valence electrons. The van der Waals surface area contributed by atoms with Gasteiger partial charge in [-0.25, -0.2) is 14.1 Å². The molecule has 1 aromatic heterocycles. The van der Waals surface area contributed by atoms with E-state index < -0.39 is 0 Å². The van der Waals surface area contributed by atoms with Crippen LogP contribution < -0.4 is 4.72 Å². The summed E-state index contributed by atoms with van der Waals surface area (Å²) in [7, 11) is 1.36. The molecule has 3 rings (SSSR count). The lowest BCUT2D eigenvalue weighted by molar-refractivity contribution is -0.139. The molecule has 29 heavy (non-hydrogen) atoms. The fourth-order valence-electron chi connectivity index (χ4n) is 2.52. The molecule has 0 unspecified atom stereocenters. The van der Waals surface area contributed by atoms with Crippen LogP contribution in [0.25, 0.3) is 11.0 Å². The minimum atomic E-state index is -0.303. The lowest BCUT2D eigenvalue weighted by atomic mass is 10.2. The molecule has 0 saturated carbocycles. The van der Waals surface area contributed by atoms with Crippen LogP contribution in [0.2, 0.25) is 0 Å². The summed E-state index contributed by atoms with van der Waals surface area (Å²) >= 11 is 1.38. The van der Waals surface area contributed by atoms with Gasteiger partial charge in [0.2, 0.25) is 0 Å². The number of carbonyl (C=O) groups excluding carboxylic acids is 1. The van der Waals surface area contributed by atoms with Gasteiger partial charge >= 0.3 is 5.97 Å². The minimum absolute atomic E-state index is 0.152. The van der Waals surface area contributed by atoms with E-state index in [-0.39, 0.29) is 18.3 Å². The zero-order chi connectivity index (χ0) is 21.8. The molecule has 5 nitrogen and oxygen atoms in total. The average molecular weight is 420 g/mol. The molecule has 3 aromatic rings. The molecule has 0 atom stereocenters. The van der Waals surface area contributed by atoms with Gasteiger partial charge in [0, 0.05) is 17.5 Å². The van der Waals surface area contributed by atoms with Gasteiger partial charge in [-0.3, -0.25) is 4.79 Å². The van der Waals surface area contributed by atoms with Gasteiger partial charge < -0.3 is 9.30 Å². The van der Waals surface area contributed by atoms with Crippen LogP contribution in [0, 0.1) is 12.7 Å². The van der Waals surface area contributed by atoms with Crippen molar-refractivity contribution in [2.45, 2.75) is 46.1 Å². The van der Waals surface area contributed by atoms with Gasteiger partial charge in [0.05, 0.1) is 18.1 Å². The summed E-state index contributed by atoms with van der Waals surface area (Å²) in [5.41, 5.74) is 2.69. The molecule has 0 radical (unpaired) electrons. The van der Waals surface area contributed by atoms with E-state index in [0.717, 1.165) is 21.8 Å². The van der Waals surface area contributed by atoms with Crippen LogP contribution in [0.3, 0.4) is 0 Å². The van der Waals surface area contributed by atoms with Crippen molar-refractivity contribution >= 4 is 29.0 Å². The predicted octanol–water partition coefficient (Wildman–Crippen LogP) is 5.35. The Labute approximate surface area is 176 Å². The number of nitrogens with one attached hydrogen (secondary N) is 1. The standard InChI is InChI=1S/C18H18FN3O2S.2C2H6/c1-12-21-16-9-14(19)5-8-17(16)22(12)11-13-3-6-15(7-4-13)25-20-10-18(23)24-2;2*1-2/h3-9,20H,10-11H2,1-2H3;2*1-2H3. The number of hydrogen-bond donors (Lipinski definition) is 1. The van der Waals surface area contributed by atoms with E-state index in [9.17, 15) is 9.18 Å². The number of esters is 1. The first-order valence-corrected chi connectivity index (χ1v) is 10.6. The van der Waals surface area contributed by atoms with Crippen LogP contribution in [0.5, 0.6) is 0 Å². The fraction of sp³-hybridized carbons (Fsp3) is 0.364. The van der Waals surface area contributed by atoms with Gasteiger partial charge in [0.25, 0.3) is 0 Å². The van der Waals surface area contributed by atoms with Crippen molar-refractivity contribution in [2.24, 2.45) is 0 Å². The first-order valence-electron chi connectivity index (χ1n) is 9.74. The number of aryl methyl sites for hydroxylation is 1. The van der Waals surface area contributed by atoms with Gasteiger partial charge in [-0.15, -0.1) is 0 Å². The van der Waals surface area contributed by atoms with E-state index in [2.05, 4.69) is 19.0 Å². The average Bonchev–Trinajstić information content (AvgIpc) is 3.06. The van der Waals surface area contributed by atoms with Crippen LogP contribution in [0.1, 0.15) is 39.1 Å². The lowest BCUT2D eigenvalue weighted by Crippen LogP contribution is -2.17. The molecule has 0 fully saturated rings. The molecular weight excluding hydrogens is 389 g/mol. The molecule has 0 aliphatic carbocycles. The SMILES string of the molecule is CC.CC.COC(=O)CNSc1ccc(Cn2c(C)nc3cc(F)ccc32)cc1. The number of nitrogens with zero attached hydrogens (tertiary/aromatic N) is 2. The van der Waals surface area contributed by atoms with Crippen molar-refractivity contribution in [3.8, 4) is 0 Å². The largest absolute Gasteiger partial charge is 0.468 e. The summed E-state index contributed by atoms with van der Waals surface area (Å²) < 4.78 is 22.9. The molecule has 0 bridgehead atoms. The zero-order valence-electron chi connectivity index (χ0n) is 18.0. The third-order valence-electron chi connectivity index (χ3n) is 3.80. The first-order chi connectivity index (χ1) is 14.1. The van der Waals surface area contributed by atoms with E-state index >= 15 is 0 Å². The number of benzene rings is 2. The second-order valence-corrected chi connectivity index (χ2v) is 6.49. The molecular formula is C22H30FN3O2S. The third kappa shape index (κ3) is 7.18. The Kier molecular flexibility index (Phi) is 11.0. The molecule has 0 spiro atoms. The smallest absolute Gasteiger partial charge is 0.320 e. The van der Waals surface area contributed by atoms with E-state index in [1.54, 1.807) is 6.07 Å². The molecule has 0 amide bonds. The Hall–Kier alpha value is -2.38. The van der Waals surface area contributed by atoms with E-state index in [1.807, 2.05) is 58.9 Å². The summed E-state index contributed by atoms with van der Waals surface area (Å²) in [4.78, 5) is 16.5. The Bertz CT molecular complexity index is 895. The summed E-state index contributed by atoms with van der Waals surface area (Å²) in [5, 5.41) is 0. The highest BCUT2D eigenvalue weighted by Crippen LogP contribution is 2.20. The number of ether oxygens (including phenoxy) is 1. The number of hydrogen-bond acceptors (Lipinski definition) is 5. The highest BCUT2D eigenvalue weighted by molar-refractivity contribution is 7.97. The Morgan fingerprint density at radius 2 is 1.79 bits per heavy atom. The van der Waals surface area contributed by atoms with Crippen LogP contribution in [-0.4, -0.2) is 29.2 Å². The van der Waals surface area contributed by atoms with Crippen molar-refractivity contribution in [3.63, 3.8) is 0 Å². The second kappa shape index (κ2) is 13.0. The third-order valence-corrected chi connectivity index (χ3v) is 4.60. The Morgan fingerprint density at radius 1 is 1.14 bits per heavy atom. The molecule has 1 N–H and O–H groups in total. The van der Waals surface area contributed by atoms with Crippen LogP contribution in [0.15, 0.2) is 47.4 Å². The van der Waals surface area contributed by atoms with Crippen molar-refractivity contribution in [1.82, 2.24) is 14.3 Å². The predicted molar refractivity (Wildman–Crippen MR) is 119 cm³/mol. The van der Waals surface area contributed by atoms with Crippen LogP contribution in [0.4, 0.5) is 4.39 Å². The Morgan fingerprint density at radius 3 is 2.41 bits per heavy atom. The van der Waals surface area contributed by atoms with Gasteiger partial charge in [0.15, 0.2) is 0 Å². The maximum absolute atomic E-state index is 13.3. The highest BCUT2D eigenvalue weighted by Gasteiger charge is 2.09.